The first kappa shape index (κ1) is 14.9. The smallest absolute Gasteiger partial charge is 0.302 e. The molecule has 124 valence electrons. The molecular weight excluding hydrogens is 278 g/mol. The molecule has 0 aromatic heterocycles. The Labute approximate surface area is 133 Å². The van der Waals surface area contributed by atoms with Gasteiger partial charge < -0.3 is 9.84 Å². The van der Waals surface area contributed by atoms with Crippen molar-refractivity contribution in [3.8, 4) is 0 Å². The number of nitrogens with zero attached hydrogens (tertiary/aromatic N) is 1. The lowest BCUT2D eigenvalue weighted by Gasteiger charge is -2.68. The quantitative estimate of drug-likeness (QED) is 0.755. The first-order valence-electron chi connectivity index (χ1n) is 9.14. The molecule has 4 rings (SSSR count). The van der Waals surface area contributed by atoms with E-state index >= 15 is 0 Å². The monoisotopic (exact) mass is 307 g/mol. The van der Waals surface area contributed by atoms with Gasteiger partial charge in [-0.15, -0.1) is 0 Å². The van der Waals surface area contributed by atoms with Crippen molar-refractivity contribution in [3.63, 3.8) is 0 Å². The van der Waals surface area contributed by atoms with Crippen LogP contribution in [0.3, 0.4) is 0 Å². The van der Waals surface area contributed by atoms with Gasteiger partial charge in [-0.3, -0.25) is 9.69 Å². The highest BCUT2D eigenvalue weighted by atomic mass is 16.5. The zero-order valence-corrected chi connectivity index (χ0v) is 13.8. The molecule has 0 aromatic rings. The highest BCUT2D eigenvalue weighted by Crippen LogP contribution is 2.60. The van der Waals surface area contributed by atoms with E-state index in [1.807, 2.05) is 0 Å². The van der Waals surface area contributed by atoms with Crippen LogP contribution in [-0.2, 0) is 9.53 Å². The van der Waals surface area contributed by atoms with Crippen LogP contribution in [-0.4, -0.2) is 46.8 Å². The summed E-state index contributed by atoms with van der Waals surface area (Å²) in [7, 11) is 0. The van der Waals surface area contributed by atoms with Crippen LogP contribution in [0.1, 0.15) is 52.4 Å². The predicted molar refractivity (Wildman–Crippen MR) is 83.2 cm³/mol. The van der Waals surface area contributed by atoms with Gasteiger partial charge in [0.1, 0.15) is 6.10 Å². The molecule has 7 atom stereocenters. The molecule has 1 N–H and O–H groups in total. The van der Waals surface area contributed by atoms with Crippen LogP contribution in [0.2, 0.25) is 0 Å². The number of hydrogen-bond donors (Lipinski definition) is 1. The fourth-order valence-electron chi connectivity index (χ4n) is 6.68. The lowest BCUT2D eigenvalue weighted by atomic mass is 9.47. The summed E-state index contributed by atoms with van der Waals surface area (Å²) in [4.78, 5) is 14.3. The number of carbonyl (C=O) groups excluding carboxylic acids is 1. The van der Waals surface area contributed by atoms with Crippen LogP contribution in [0.25, 0.3) is 0 Å². The van der Waals surface area contributed by atoms with Crippen molar-refractivity contribution in [2.45, 2.75) is 70.1 Å². The summed E-state index contributed by atoms with van der Waals surface area (Å²) in [6.07, 6.45) is 6.65. The molecule has 0 radical (unpaired) electrons. The second kappa shape index (κ2) is 5.20. The number of esters is 1. The van der Waals surface area contributed by atoms with E-state index in [0.717, 1.165) is 12.8 Å². The van der Waals surface area contributed by atoms with Gasteiger partial charge in [0.15, 0.2) is 0 Å². The van der Waals surface area contributed by atoms with Gasteiger partial charge in [-0.2, -0.15) is 0 Å². The summed E-state index contributed by atoms with van der Waals surface area (Å²) in [5.41, 5.74) is 0.193. The van der Waals surface area contributed by atoms with Gasteiger partial charge in [-0.25, -0.2) is 0 Å². The van der Waals surface area contributed by atoms with E-state index in [1.54, 1.807) is 0 Å². The number of rotatable bonds is 1. The molecule has 0 amide bonds. The van der Waals surface area contributed by atoms with Crippen LogP contribution in [0, 0.1) is 23.7 Å². The fourth-order valence-corrected chi connectivity index (χ4v) is 6.68. The van der Waals surface area contributed by atoms with E-state index in [4.69, 9.17) is 4.74 Å². The summed E-state index contributed by atoms with van der Waals surface area (Å²) < 4.78 is 5.76. The van der Waals surface area contributed by atoms with Crippen molar-refractivity contribution < 1.29 is 14.6 Å². The van der Waals surface area contributed by atoms with Gasteiger partial charge in [0.25, 0.3) is 0 Å². The average molecular weight is 307 g/mol. The number of hydrogen-bond acceptors (Lipinski definition) is 4. The maximum Gasteiger partial charge on any atom is 0.302 e. The standard InChI is InChI=1S/C18H29NO3/c1-11-10-18-14-5-3-7-19(18)8-4-6-15(18)16(22-12(2)20)9-13(14)17(11)21/h11,13-17,21H,3-10H2,1-2H3/t11-,13-,14+,15+,16+,17+,18+/m0/s1. The molecule has 2 saturated carbocycles. The Morgan fingerprint density at radius 3 is 2.59 bits per heavy atom. The summed E-state index contributed by atoms with van der Waals surface area (Å²) in [6.45, 7) is 6.12. The Morgan fingerprint density at radius 2 is 1.91 bits per heavy atom. The highest BCUT2D eigenvalue weighted by Gasteiger charge is 2.65. The van der Waals surface area contributed by atoms with E-state index in [1.165, 1.54) is 45.7 Å². The Balaban J connectivity index is 1.76. The summed E-state index contributed by atoms with van der Waals surface area (Å²) in [5, 5.41) is 10.8. The maximum atomic E-state index is 11.6. The minimum atomic E-state index is -0.225. The van der Waals surface area contributed by atoms with Crippen LogP contribution in [0.4, 0.5) is 0 Å². The molecule has 4 aliphatic rings. The molecule has 2 aliphatic carbocycles. The third-order valence-electron chi connectivity index (χ3n) is 7.22. The second-order valence-electron chi connectivity index (χ2n) is 8.20. The first-order chi connectivity index (χ1) is 10.5. The van der Waals surface area contributed by atoms with Crippen molar-refractivity contribution in [3.05, 3.63) is 0 Å². The predicted octanol–water partition coefficient (Wildman–Crippen LogP) is 2.20. The Hall–Kier alpha value is -0.610. The molecule has 22 heavy (non-hydrogen) atoms. The fraction of sp³-hybridized carbons (Fsp3) is 0.944. The molecular formula is C18H29NO3. The molecule has 0 unspecified atom stereocenters. The van der Waals surface area contributed by atoms with Crippen molar-refractivity contribution in [2.75, 3.05) is 13.1 Å². The minimum Gasteiger partial charge on any atom is -0.462 e. The van der Waals surface area contributed by atoms with E-state index in [0.29, 0.717) is 23.7 Å². The molecule has 2 heterocycles. The van der Waals surface area contributed by atoms with E-state index in [-0.39, 0.29) is 23.7 Å². The van der Waals surface area contributed by atoms with E-state index in [2.05, 4.69) is 11.8 Å². The van der Waals surface area contributed by atoms with Gasteiger partial charge in [-0.1, -0.05) is 6.92 Å². The topological polar surface area (TPSA) is 49.8 Å². The molecule has 2 bridgehead atoms. The maximum absolute atomic E-state index is 11.6. The summed E-state index contributed by atoms with van der Waals surface area (Å²) in [6, 6.07) is 0. The molecule has 0 aromatic carbocycles. The van der Waals surface area contributed by atoms with Crippen LogP contribution in [0.5, 0.6) is 0 Å². The summed E-state index contributed by atoms with van der Waals surface area (Å²) in [5.74, 6) is 1.59. The average Bonchev–Trinajstić information content (AvgIpc) is 2.47. The molecule has 2 saturated heterocycles. The van der Waals surface area contributed by atoms with Crippen molar-refractivity contribution >= 4 is 5.97 Å². The second-order valence-corrected chi connectivity index (χ2v) is 8.20. The van der Waals surface area contributed by atoms with Gasteiger partial charge in [0.05, 0.1) is 6.10 Å². The van der Waals surface area contributed by atoms with Crippen LogP contribution in [0.15, 0.2) is 0 Å². The van der Waals surface area contributed by atoms with Gasteiger partial charge in [0.2, 0.25) is 0 Å². The van der Waals surface area contributed by atoms with E-state index < -0.39 is 0 Å². The minimum absolute atomic E-state index is 0.0156. The Morgan fingerprint density at radius 1 is 1.23 bits per heavy atom. The van der Waals surface area contributed by atoms with Crippen molar-refractivity contribution in [1.82, 2.24) is 4.90 Å². The zero-order valence-electron chi connectivity index (χ0n) is 13.8. The normalized spacial score (nSPS) is 51.0. The Bertz CT molecular complexity index is 465. The lowest BCUT2D eigenvalue weighted by Crippen LogP contribution is -2.74. The SMILES string of the molecule is CC(=O)O[C@@H]1C[C@@H]2[C@H](O)[C@@H](C)C[C@]34[C@@H]2CCCN3CCC[C@H]14. The lowest BCUT2D eigenvalue weighted by molar-refractivity contribution is -0.229. The van der Waals surface area contributed by atoms with Gasteiger partial charge in [-0.05, 0) is 69.4 Å². The Kier molecular flexibility index (Phi) is 3.53. The largest absolute Gasteiger partial charge is 0.462 e. The van der Waals surface area contributed by atoms with E-state index in [9.17, 15) is 9.90 Å². The number of piperidine rings is 2. The third kappa shape index (κ3) is 1.92. The first-order valence-corrected chi connectivity index (χ1v) is 9.14. The van der Waals surface area contributed by atoms with Gasteiger partial charge >= 0.3 is 5.97 Å². The number of aliphatic hydroxyl groups excluding tert-OH is 1. The third-order valence-corrected chi connectivity index (χ3v) is 7.22. The van der Waals surface area contributed by atoms with Gasteiger partial charge in [0, 0.05) is 18.4 Å². The molecule has 4 nitrogen and oxygen atoms in total. The molecule has 2 aliphatic heterocycles. The molecule has 4 heteroatoms. The summed E-state index contributed by atoms with van der Waals surface area (Å²) >= 11 is 0. The number of ether oxygens (including phenoxy) is 1. The van der Waals surface area contributed by atoms with Crippen LogP contribution < -0.4 is 0 Å². The van der Waals surface area contributed by atoms with Crippen molar-refractivity contribution in [1.29, 1.82) is 0 Å². The van der Waals surface area contributed by atoms with Crippen molar-refractivity contribution in [2.24, 2.45) is 23.7 Å². The molecule has 4 fully saturated rings. The highest BCUT2D eigenvalue weighted by molar-refractivity contribution is 5.66. The zero-order chi connectivity index (χ0) is 15.5. The number of aliphatic hydroxyl groups is 1. The molecule has 1 spiro atoms. The number of carbonyl (C=O) groups is 1. The van der Waals surface area contributed by atoms with Crippen LogP contribution >= 0.6 is 0 Å².